The van der Waals surface area contributed by atoms with Gasteiger partial charge in [0.15, 0.2) is 11.5 Å². The molecule has 0 radical (unpaired) electrons. The maximum atomic E-state index is 8.81. The fraction of sp³-hybridized carbons (Fsp3) is 0.467. The zero-order chi connectivity index (χ0) is 14.0. The number of rotatable bonds is 4. The quantitative estimate of drug-likeness (QED) is 0.914. The molecule has 2 aromatic rings. The highest BCUT2D eigenvalue weighted by Gasteiger charge is 2.22. The molecule has 0 bridgehead atoms. The monoisotopic (exact) mass is 257 g/mol. The van der Waals surface area contributed by atoms with Crippen molar-refractivity contribution in [1.29, 1.82) is 5.26 Å². The minimum Gasteiger partial charge on any atom is -0.441 e. The summed E-state index contributed by atoms with van der Waals surface area (Å²) in [5, 5.41) is 12.0. The van der Waals surface area contributed by atoms with Gasteiger partial charge >= 0.3 is 0 Å². The fourth-order valence-corrected chi connectivity index (χ4v) is 2.02. The maximum absolute atomic E-state index is 8.81. The summed E-state index contributed by atoms with van der Waals surface area (Å²) in [6.07, 6.45) is 0. The first kappa shape index (κ1) is 13.6. The molecular weight excluding hydrogens is 238 g/mol. The second-order valence-electron chi connectivity index (χ2n) is 5.53. The van der Waals surface area contributed by atoms with Crippen LogP contribution >= 0.6 is 0 Å². The molecule has 1 N–H and O–H groups in total. The van der Waals surface area contributed by atoms with E-state index in [1.165, 1.54) is 5.56 Å². The van der Waals surface area contributed by atoms with Crippen LogP contribution < -0.4 is 5.32 Å². The molecule has 1 heterocycles. The van der Waals surface area contributed by atoms with Crippen LogP contribution in [0.1, 0.15) is 32.2 Å². The van der Waals surface area contributed by atoms with Gasteiger partial charge in [0, 0.05) is 18.9 Å². The normalized spacial score (nSPS) is 13.4. The van der Waals surface area contributed by atoms with Gasteiger partial charge in [0.05, 0.1) is 12.1 Å². The third-order valence-electron chi connectivity index (χ3n) is 3.32. The number of nitriles is 1. The Morgan fingerprint density at radius 1 is 1.47 bits per heavy atom. The van der Waals surface area contributed by atoms with E-state index in [9.17, 15) is 0 Å². The number of aromatic nitrogens is 1. The Morgan fingerprint density at radius 3 is 2.89 bits per heavy atom. The molecule has 1 aromatic carbocycles. The number of nitrogens with one attached hydrogen (secondary N) is 1. The molecule has 100 valence electrons. The average Bonchev–Trinajstić information content (AvgIpc) is 2.74. The second-order valence-corrected chi connectivity index (χ2v) is 5.53. The smallest absolute Gasteiger partial charge is 0.192 e. The lowest BCUT2D eigenvalue weighted by atomic mass is 9.84. The molecule has 2 rings (SSSR count). The number of fused-ring (bicyclic) bond motifs is 1. The molecule has 4 heteroatoms. The van der Waals surface area contributed by atoms with Crippen molar-refractivity contribution in [2.24, 2.45) is 0 Å². The summed E-state index contributed by atoms with van der Waals surface area (Å²) in [6, 6.07) is 8.12. The van der Waals surface area contributed by atoms with Gasteiger partial charge in [0.25, 0.3) is 0 Å². The first-order valence-corrected chi connectivity index (χ1v) is 6.43. The highest BCUT2D eigenvalue weighted by atomic mass is 16.3. The number of hydrogen-bond acceptors (Lipinski definition) is 4. The van der Waals surface area contributed by atoms with Crippen LogP contribution in [0.4, 0.5) is 0 Å². The van der Waals surface area contributed by atoms with Crippen molar-refractivity contribution in [3.05, 3.63) is 29.7 Å². The van der Waals surface area contributed by atoms with Crippen LogP contribution in [0.2, 0.25) is 0 Å². The van der Waals surface area contributed by atoms with Gasteiger partial charge in [-0.05, 0) is 24.6 Å². The Bertz CT molecular complexity index is 622. The first-order chi connectivity index (χ1) is 8.92. The van der Waals surface area contributed by atoms with Gasteiger partial charge in [-0.25, -0.2) is 4.98 Å². The number of nitrogens with zero attached hydrogens (tertiary/aromatic N) is 2. The topological polar surface area (TPSA) is 61.9 Å². The molecule has 4 nitrogen and oxygen atoms in total. The van der Waals surface area contributed by atoms with E-state index >= 15 is 0 Å². The molecule has 0 amide bonds. The highest BCUT2D eigenvalue weighted by molar-refractivity contribution is 5.73. The minimum atomic E-state index is -0.141. The second kappa shape index (κ2) is 5.02. The van der Waals surface area contributed by atoms with Gasteiger partial charge in [-0.15, -0.1) is 0 Å². The highest BCUT2D eigenvalue weighted by Crippen LogP contribution is 2.26. The fourth-order valence-electron chi connectivity index (χ4n) is 2.02. The van der Waals surface area contributed by atoms with Crippen LogP contribution in [0.25, 0.3) is 11.1 Å². The lowest BCUT2D eigenvalue weighted by Gasteiger charge is -2.26. The van der Waals surface area contributed by atoms with Crippen LogP contribution in [0.3, 0.4) is 0 Å². The lowest BCUT2D eigenvalue weighted by molar-refractivity contribution is 0.457. The summed E-state index contributed by atoms with van der Waals surface area (Å²) < 4.78 is 5.48. The van der Waals surface area contributed by atoms with Crippen molar-refractivity contribution in [2.75, 3.05) is 6.54 Å². The van der Waals surface area contributed by atoms with Gasteiger partial charge in [-0.1, -0.05) is 19.9 Å². The van der Waals surface area contributed by atoms with Crippen molar-refractivity contribution >= 4 is 11.1 Å². The number of benzene rings is 1. The van der Waals surface area contributed by atoms with Crippen molar-refractivity contribution in [2.45, 2.75) is 39.2 Å². The standard InChI is InChI=1S/C15H19N3O/c1-10(8-16)17-9-15(3,4)12-5-6-14-13(7-12)18-11(2)19-14/h5-7,10,17H,9H2,1-4H3. The first-order valence-electron chi connectivity index (χ1n) is 6.43. The number of oxazole rings is 1. The predicted molar refractivity (Wildman–Crippen MR) is 74.8 cm³/mol. The van der Waals surface area contributed by atoms with Gasteiger partial charge in [-0.2, -0.15) is 5.26 Å². The summed E-state index contributed by atoms with van der Waals surface area (Å²) >= 11 is 0. The summed E-state index contributed by atoms with van der Waals surface area (Å²) in [4.78, 5) is 4.36. The van der Waals surface area contributed by atoms with Crippen LogP contribution in [0.5, 0.6) is 0 Å². The molecule has 19 heavy (non-hydrogen) atoms. The van der Waals surface area contributed by atoms with E-state index in [2.05, 4.69) is 42.4 Å². The van der Waals surface area contributed by atoms with Crippen LogP contribution in [0.15, 0.2) is 22.6 Å². The van der Waals surface area contributed by atoms with Crippen LogP contribution in [0, 0.1) is 18.3 Å². The summed E-state index contributed by atoms with van der Waals surface area (Å²) in [7, 11) is 0. The zero-order valence-electron chi connectivity index (χ0n) is 11.8. The molecule has 0 aliphatic rings. The van der Waals surface area contributed by atoms with Gasteiger partial charge in [0.2, 0.25) is 0 Å². The molecule has 0 aliphatic heterocycles. The van der Waals surface area contributed by atoms with Crippen LogP contribution in [-0.4, -0.2) is 17.6 Å². The molecule has 0 fully saturated rings. The summed E-state index contributed by atoms with van der Waals surface area (Å²) in [6.45, 7) is 8.75. The largest absolute Gasteiger partial charge is 0.441 e. The van der Waals surface area contributed by atoms with Gasteiger partial charge in [-0.3, -0.25) is 0 Å². The van der Waals surface area contributed by atoms with Crippen molar-refractivity contribution < 1.29 is 4.42 Å². The van der Waals surface area contributed by atoms with Gasteiger partial charge in [0.1, 0.15) is 5.52 Å². The molecular formula is C15H19N3O. The lowest BCUT2D eigenvalue weighted by Crippen LogP contribution is -2.37. The molecule has 0 spiro atoms. The average molecular weight is 257 g/mol. The van der Waals surface area contributed by atoms with E-state index in [-0.39, 0.29) is 11.5 Å². The Labute approximate surface area is 113 Å². The predicted octanol–water partition coefficient (Wildman–Crippen LogP) is 2.92. The third kappa shape index (κ3) is 2.94. The van der Waals surface area contributed by atoms with Crippen molar-refractivity contribution in [3.63, 3.8) is 0 Å². The van der Waals surface area contributed by atoms with Crippen molar-refractivity contribution in [3.8, 4) is 6.07 Å². The Kier molecular flexibility index (Phi) is 3.59. The molecule has 1 atom stereocenters. The van der Waals surface area contributed by atoms with E-state index in [4.69, 9.17) is 9.68 Å². The SMILES string of the molecule is Cc1nc2cc(C(C)(C)CNC(C)C#N)ccc2o1. The summed E-state index contributed by atoms with van der Waals surface area (Å²) in [5.41, 5.74) is 2.82. The number of aryl methyl sites for hydroxylation is 1. The zero-order valence-corrected chi connectivity index (χ0v) is 11.8. The van der Waals surface area contributed by atoms with E-state index in [1.807, 2.05) is 19.9 Å². The van der Waals surface area contributed by atoms with E-state index in [0.29, 0.717) is 5.89 Å². The Morgan fingerprint density at radius 2 is 2.21 bits per heavy atom. The molecule has 0 aliphatic carbocycles. The molecule has 0 saturated carbocycles. The van der Waals surface area contributed by atoms with E-state index < -0.39 is 0 Å². The van der Waals surface area contributed by atoms with Gasteiger partial charge < -0.3 is 9.73 Å². The Balaban J connectivity index is 2.24. The van der Waals surface area contributed by atoms with E-state index in [0.717, 1.165) is 17.6 Å². The van der Waals surface area contributed by atoms with Crippen molar-refractivity contribution in [1.82, 2.24) is 10.3 Å². The molecule has 0 saturated heterocycles. The Hall–Kier alpha value is -1.86. The maximum Gasteiger partial charge on any atom is 0.192 e. The minimum absolute atomic E-state index is 0.0633. The van der Waals surface area contributed by atoms with Crippen LogP contribution in [-0.2, 0) is 5.41 Å². The third-order valence-corrected chi connectivity index (χ3v) is 3.32. The van der Waals surface area contributed by atoms with E-state index in [1.54, 1.807) is 0 Å². The molecule has 1 aromatic heterocycles. The summed E-state index contributed by atoms with van der Waals surface area (Å²) in [5.74, 6) is 0.682. The number of hydrogen-bond donors (Lipinski definition) is 1. The molecule has 1 unspecified atom stereocenters.